The summed E-state index contributed by atoms with van der Waals surface area (Å²) in [6, 6.07) is 0. The van der Waals surface area contributed by atoms with Crippen molar-refractivity contribution in [1.29, 1.82) is 0 Å². The SMILES string of the molecule is CC=C=CCl.CC=C=CCl.O. The monoisotopic (exact) mass is 194 g/mol. The lowest BCUT2D eigenvalue weighted by Crippen LogP contribution is -1.22. The van der Waals surface area contributed by atoms with Crippen LogP contribution in [0.3, 0.4) is 0 Å². The molecular formula is C8H12Cl2O. The van der Waals surface area contributed by atoms with Crippen molar-refractivity contribution in [2.45, 2.75) is 13.8 Å². The second-order valence-corrected chi connectivity index (χ2v) is 1.57. The lowest BCUT2D eigenvalue weighted by molar-refractivity contribution is 0.824. The van der Waals surface area contributed by atoms with Crippen LogP contribution in [0.5, 0.6) is 0 Å². The Morgan fingerprint density at radius 3 is 1.18 bits per heavy atom. The Bertz CT molecular complexity index is 129. The minimum absolute atomic E-state index is 0. The van der Waals surface area contributed by atoms with Gasteiger partial charge in [0.05, 0.1) is 0 Å². The van der Waals surface area contributed by atoms with Gasteiger partial charge in [-0.1, -0.05) is 23.2 Å². The number of hydrogen-bond donors (Lipinski definition) is 0. The van der Waals surface area contributed by atoms with Crippen LogP contribution >= 0.6 is 23.2 Å². The maximum Gasteiger partial charge on any atom is 0.0459 e. The van der Waals surface area contributed by atoms with Crippen LogP contribution in [0.25, 0.3) is 0 Å². The molecule has 0 aromatic rings. The molecule has 0 aliphatic carbocycles. The summed E-state index contributed by atoms with van der Waals surface area (Å²) in [7, 11) is 0. The summed E-state index contributed by atoms with van der Waals surface area (Å²) in [5, 5.41) is 0. The number of rotatable bonds is 0. The highest BCUT2D eigenvalue weighted by Gasteiger charge is 1.38. The maximum absolute atomic E-state index is 5.03. The molecule has 0 aliphatic heterocycles. The summed E-state index contributed by atoms with van der Waals surface area (Å²) in [6.45, 7) is 3.72. The predicted octanol–water partition coefficient (Wildman–Crippen LogP) is 3.00. The van der Waals surface area contributed by atoms with Crippen LogP contribution in [-0.4, -0.2) is 5.48 Å². The number of hydrogen-bond acceptors (Lipinski definition) is 0. The standard InChI is InChI=1S/2C4H5Cl.H2O/c2*1-2-3-4-5;/h2*2,4H,1H3;1H2. The highest BCUT2D eigenvalue weighted by Crippen LogP contribution is 1.69. The van der Waals surface area contributed by atoms with Gasteiger partial charge in [0, 0.05) is 11.1 Å². The molecule has 0 saturated heterocycles. The first-order chi connectivity index (χ1) is 4.83. The van der Waals surface area contributed by atoms with Gasteiger partial charge in [-0.15, -0.1) is 11.5 Å². The number of halogens is 2. The molecule has 0 saturated carbocycles. The van der Waals surface area contributed by atoms with Crippen LogP contribution in [0.2, 0.25) is 0 Å². The smallest absolute Gasteiger partial charge is 0.0459 e. The Hall–Kier alpha value is -0.420. The molecule has 0 atom stereocenters. The zero-order valence-electron chi connectivity index (χ0n) is 6.57. The zero-order valence-corrected chi connectivity index (χ0v) is 8.08. The third-order valence-electron chi connectivity index (χ3n) is 0.459. The van der Waals surface area contributed by atoms with Crippen LogP contribution in [0.4, 0.5) is 0 Å². The molecule has 1 nitrogen and oxygen atoms in total. The fraction of sp³-hybridized carbons (Fsp3) is 0.250. The van der Waals surface area contributed by atoms with E-state index in [0.29, 0.717) is 0 Å². The van der Waals surface area contributed by atoms with Crippen molar-refractivity contribution >= 4 is 23.2 Å². The first kappa shape index (κ1) is 16.9. The van der Waals surface area contributed by atoms with Crippen molar-refractivity contribution in [2.75, 3.05) is 0 Å². The topological polar surface area (TPSA) is 31.5 Å². The first-order valence-corrected chi connectivity index (χ1v) is 3.62. The fourth-order valence-electron chi connectivity index (χ4n) is 0.126. The van der Waals surface area contributed by atoms with E-state index in [1.165, 1.54) is 11.1 Å². The van der Waals surface area contributed by atoms with E-state index in [-0.39, 0.29) is 5.48 Å². The van der Waals surface area contributed by atoms with Gasteiger partial charge in [-0.25, -0.2) is 0 Å². The molecule has 2 N–H and O–H groups in total. The van der Waals surface area contributed by atoms with E-state index in [1.54, 1.807) is 12.2 Å². The van der Waals surface area contributed by atoms with Crippen LogP contribution < -0.4 is 0 Å². The summed E-state index contributed by atoms with van der Waals surface area (Å²) in [6.07, 6.45) is 3.49. The molecule has 0 radical (unpaired) electrons. The first-order valence-electron chi connectivity index (χ1n) is 2.75. The summed E-state index contributed by atoms with van der Waals surface area (Å²) in [5.41, 5.74) is 7.95. The second kappa shape index (κ2) is 22.7. The van der Waals surface area contributed by atoms with E-state index in [2.05, 4.69) is 11.5 Å². The Morgan fingerprint density at radius 1 is 0.909 bits per heavy atom. The van der Waals surface area contributed by atoms with Gasteiger partial charge in [-0.3, -0.25) is 0 Å². The van der Waals surface area contributed by atoms with Gasteiger partial charge >= 0.3 is 0 Å². The van der Waals surface area contributed by atoms with Crippen LogP contribution in [0.15, 0.2) is 34.7 Å². The van der Waals surface area contributed by atoms with Gasteiger partial charge in [0.25, 0.3) is 0 Å². The third-order valence-corrected chi connectivity index (χ3v) is 0.711. The van der Waals surface area contributed by atoms with Gasteiger partial charge in [0.15, 0.2) is 0 Å². The van der Waals surface area contributed by atoms with E-state index in [0.717, 1.165) is 0 Å². The summed E-state index contributed by atoms with van der Waals surface area (Å²) >= 11 is 10.1. The molecule has 0 spiro atoms. The van der Waals surface area contributed by atoms with Crippen LogP contribution in [-0.2, 0) is 0 Å². The Labute approximate surface area is 77.6 Å². The minimum Gasteiger partial charge on any atom is -0.412 e. The van der Waals surface area contributed by atoms with E-state index >= 15 is 0 Å². The van der Waals surface area contributed by atoms with Crippen LogP contribution in [0, 0.1) is 0 Å². The van der Waals surface area contributed by atoms with Gasteiger partial charge < -0.3 is 5.48 Å². The van der Waals surface area contributed by atoms with Gasteiger partial charge in [-0.05, 0) is 26.0 Å². The Balaban J connectivity index is -0.000000107. The minimum atomic E-state index is 0. The molecule has 0 aromatic carbocycles. The molecule has 0 amide bonds. The van der Waals surface area contributed by atoms with Crippen molar-refractivity contribution in [2.24, 2.45) is 0 Å². The highest BCUT2D eigenvalue weighted by atomic mass is 35.5. The lowest BCUT2D eigenvalue weighted by atomic mass is 10.7. The number of allylic oxidation sites excluding steroid dienone is 2. The Kier molecular flexibility index (Phi) is 34.8. The Morgan fingerprint density at radius 2 is 1.18 bits per heavy atom. The zero-order chi connectivity index (χ0) is 8.24. The van der Waals surface area contributed by atoms with E-state index in [1.807, 2.05) is 13.8 Å². The molecule has 64 valence electrons. The van der Waals surface area contributed by atoms with E-state index in [9.17, 15) is 0 Å². The van der Waals surface area contributed by atoms with Gasteiger partial charge in [0.2, 0.25) is 0 Å². The molecular weight excluding hydrogens is 183 g/mol. The summed E-state index contributed by atoms with van der Waals surface area (Å²) in [5.74, 6) is 0. The molecule has 0 aromatic heterocycles. The van der Waals surface area contributed by atoms with Crippen LogP contribution in [0.1, 0.15) is 13.8 Å². The average molecular weight is 195 g/mol. The van der Waals surface area contributed by atoms with Crippen molar-refractivity contribution in [3.05, 3.63) is 34.7 Å². The molecule has 0 fully saturated rings. The van der Waals surface area contributed by atoms with E-state index < -0.39 is 0 Å². The maximum atomic E-state index is 5.03. The van der Waals surface area contributed by atoms with Gasteiger partial charge in [0.1, 0.15) is 0 Å². The van der Waals surface area contributed by atoms with Crippen molar-refractivity contribution in [3.8, 4) is 0 Å². The second-order valence-electron chi connectivity index (χ2n) is 1.13. The molecule has 0 aliphatic rings. The van der Waals surface area contributed by atoms with Gasteiger partial charge in [-0.2, -0.15) is 0 Å². The van der Waals surface area contributed by atoms with Crippen molar-refractivity contribution in [1.82, 2.24) is 0 Å². The lowest BCUT2D eigenvalue weighted by Gasteiger charge is -1.46. The molecule has 0 bridgehead atoms. The van der Waals surface area contributed by atoms with Crippen molar-refractivity contribution in [3.63, 3.8) is 0 Å². The fourth-order valence-corrected chi connectivity index (χ4v) is 0.378. The quantitative estimate of drug-likeness (QED) is 0.532. The molecule has 3 heteroatoms. The largest absolute Gasteiger partial charge is 0.412 e. The highest BCUT2D eigenvalue weighted by molar-refractivity contribution is 6.25. The summed E-state index contributed by atoms with van der Waals surface area (Å²) in [4.78, 5) is 0. The molecule has 0 rings (SSSR count). The molecule has 0 unspecified atom stereocenters. The summed E-state index contributed by atoms with van der Waals surface area (Å²) < 4.78 is 0. The predicted molar refractivity (Wildman–Crippen MR) is 52.0 cm³/mol. The third kappa shape index (κ3) is 42.9. The molecule has 11 heavy (non-hydrogen) atoms. The molecule has 0 heterocycles. The van der Waals surface area contributed by atoms with Crippen molar-refractivity contribution < 1.29 is 5.48 Å². The van der Waals surface area contributed by atoms with E-state index in [4.69, 9.17) is 23.2 Å². The normalized spacial score (nSPS) is 4.73. The average Bonchev–Trinajstić information content (AvgIpc) is 1.93.